The fourth-order valence-electron chi connectivity index (χ4n) is 3.19. The lowest BCUT2D eigenvalue weighted by Gasteiger charge is -2.38. The molecule has 0 radical (unpaired) electrons. The predicted octanol–water partition coefficient (Wildman–Crippen LogP) is 2.63. The molecule has 2 heteroatoms. The Labute approximate surface area is 104 Å². The summed E-state index contributed by atoms with van der Waals surface area (Å²) in [6.07, 6.45) is 4.16. The van der Waals surface area contributed by atoms with Gasteiger partial charge in [-0.2, -0.15) is 0 Å². The topological polar surface area (TPSA) is 15.3 Å². The third-order valence-corrected chi connectivity index (χ3v) is 4.14. The largest absolute Gasteiger partial charge is 0.311 e. The molecule has 1 saturated heterocycles. The number of hydrogen-bond acceptors (Lipinski definition) is 2. The Morgan fingerprint density at radius 1 is 1.18 bits per heavy atom. The molecule has 0 aliphatic carbocycles. The molecular weight excluding hydrogens is 208 g/mol. The average Bonchev–Trinajstić information content (AvgIpc) is 2.39. The van der Waals surface area contributed by atoms with Crippen LogP contribution in [0.25, 0.3) is 0 Å². The molecule has 3 rings (SSSR count). The fourth-order valence-corrected chi connectivity index (χ4v) is 3.19. The summed E-state index contributed by atoms with van der Waals surface area (Å²) in [6.45, 7) is 6.92. The smallest absolute Gasteiger partial charge is 0.0476 e. The molecule has 1 fully saturated rings. The number of nitrogens with one attached hydrogen (secondary N) is 1. The van der Waals surface area contributed by atoms with Gasteiger partial charge >= 0.3 is 0 Å². The van der Waals surface area contributed by atoms with Crippen LogP contribution in [0.15, 0.2) is 18.2 Å². The van der Waals surface area contributed by atoms with Crippen LogP contribution >= 0.6 is 0 Å². The standard InChI is InChI=1S/C15H22N2/c1-12-5-6-13-10-16-11-15(14(13)9-12)17-7-3-2-4-8-17/h5-6,9,15-16H,2-4,7-8,10-11H2,1H3/t15-/m1/s1. The van der Waals surface area contributed by atoms with E-state index in [9.17, 15) is 0 Å². The van der Waals surface area contributed by atoms with Crippen molar-refractivity contribution in [3.8, 4) is 0 Å². The average molecular weight is 230 g/mol. The highest BCUT2D eigenvalue weighted by Crippen LogP contribution is 2.30. The van der Waals surface area contributed by atoms with Gasteiger partial charge in [-0.3, -0.25) is 4.90 Å². The Balaban J connectivity index is 1.89. The third kappa shape index (κ3) is 2.24. The lowest BCUT2D eigenvalue weighted by atomic mass is 9.92. The molecule has 2 heterocycles. The first-order chi connectivity index (χ1) is 8.34. The number of piperidine rings is 1. The molecule has 1 aromatic carbocycles. The quantitative estimate of drug-likeness (QED) is 0.798. The zero-order chi connectivity index (χ0) is 11.7. The molecule has 92 valence electrons. The van der Waals surface area contributed by atoms with Gasteiger partial charge in [0.2, 0.25) is 0 Å². The summed E-state index contributed by atoms with van der Waals surface area (Å²) >= 11 is 0. The summed E-state index contributed by atoms with van der Waals surface area (Å²) in [5.41, 5.74) is 4.47. The first-order valence-corrected chi connectivity index (χ1v) is 6.89. The summed E-state index contributed by atoms with van der Waals surface area (Å²) < 4.78 is 0. The number of aryl methyl sites for hydroxylation is 1. The minimum Gasteiger partial charge on any atom is -0.311 e. The second-order valence-corrected chi connectivity index (χ2v) is 5.45. The van der Waals surface area contributed by atoms with Gasteiger partial charge in [0.25, 0.3) is 0 Å². The molecule has 0 unspecified atom stereocenters. The molecule has 0 saturated carbocycles. The van der Waals surface area contributed by atoms with Crippen molar-refractivity contribution < 1.29 is 0 Å². The molecule has 1 N–H and O–H groups in total. The van der Waals surface area contributed by atoms with E-state index in [1.54, 1.807) is 5.56 Å². The van der Waals surface area contributed by atoms with E-state index in [1.165, 1.54) is 43.5 Å². The molecule has 1 aromatic rings. The molecule has 2 nitrogen and oxygen atoms in total. The Hall–Kier alpha value is -0.860. The van der Waals surface area contributed by atoms with Gasteiger partial charge in [-0.1, -0.05) is 30.2 Å². The van der Waals surface area contributed by atoms with E-state index in [0.717, 1.165) is 13.1 Å². The van der Waals surface area contributed by atoms with Crippen LogP contribution in [0, 0.1) is 6.92 Å². The van der Waals surface area contributed by atoms with Gasteiger partial charge in [-0.05, 0) is 44.0 Å². The van der Waals surface area contributed by atoms with E-state index in [4.69, 9.17) is 0 Å². The minimum atomic E-state index is 0.610. The number of rotatable bonds is 1. The maximum atomic E-state index is 3.57. The van der Waals surface area contributed by atoms with Gasteiger partial charge in [0, 0.05) is 19.1 Å². The van der Waals surface area contributed by atoms with E-state index < -0.39 is 0 Å². The Morgan fingerprint density at radius 2 is 2.00 bits per heavy atom. The molecule has 0 bridgehead atoms. The minimum absolute atomic E-state index is 0.610. The van der Waals surface area contributed by atoms with E-state index in [1.807, 2.05) is 0 Å². The van der Waals surface area contributed by atoms with Crippen molar-refractivity contribution in [2.75, 3.05) is 19.6 Å². The van der Waals surface area contributed by atoms with Gasteiger partial charge in [0.1, 0.15) is 0 Å². The zero-order valence-electron chi connectivity index (χ0n) is 10.7. The SMILES string of the molecule is Cc1ccc2c(c1)[C@H](N1CCCCC1)CNC2. The van der Waals surface area contributed by atoms with E-state index in [-0.39, 0.29) is 0 Å². The first kappa shape index (κ1) is 11.2. The monoisotopic (exact) mass is 230 g/mol. The van der Waals surface area contributed by atoms with Gasteiger partial charge in [0.15, 0.2) is 0 Å². The number of likely N-dealkylation sites (tertiary alicyclic amines) is 1. The van der Waals surface area contributed by atoms with Crippen LogP contribution in [-0.2, 0) is 6.54 Å². The second-order valence-electron chi connectivity index (χ2n) is 5.45. The van der Waals surface area contributed by atoms with Crippen molar-refractivity contribution in [2.45, 2.75) is 38.8 Å². The third-order valence-electron chi connectivity index (χ3n) is 4.14. The van der Waals surface area contributed by atoms with Crippen LogP contribution in [0.4, 0.5) is 0 Å². The predicted molar refractivity (Wildman–Crippen MR) is 71.1 cm³/mol. The van der Waals surface area contributed by atoms with Crippen molar-refractivity contribution in [1.29, 1.82) is 0 Å². The van der Waals surface area contributed by atoms with Gasteiger partial charge in [-0.25, -0.2) is 0 Å². The van der Waals surface area contributed by atoms with Crippen LogP contribution in [0.5, 0.6) is 0 Å². The molecular formula is C15H22N2. The number of hydrogen-bond donors (Lipinski definition) is 1. The van der Waals surface area contributed by atoms with E-state index in [0.29, 0.717) is 6.04 Å². The van der Waals surface area contributed by atoms with Crippen LogP contribution < -0.4 is 5.32 Å². The van der Waals surface area contributed by atoms with Crippen molar-refractivity contribution in [3.63, 3.8) is 0 Å². The van der Waals surface area contributed by atoms with E-state index >= 15 is 0 Å². The number of nitrogens with zero attached hydrogens (tertiary/aromatic N) is 1. The Kier molecular flexibility index (Phi) is 3.17. The molecule has 2 aliphatic heterocycles. The highest BCUT2D eigenvalue weighted by molar-refractivity contribution is 5.36. The number of benzene rings is 1. The lowest BCUT2D eigenvalue weighted by molar-refractivity contribution is 0.154. The summed E-state index contributed by atoms with van der Waals surface area (Å²) in [5.74, 6) is 0. The van der Waals surface area contributed by atoms with Crippen LogP contribution in [0.2, 0.25) is 0 Å². The van der Waals surface area contributed by atoms with Crippen LogP contribution in [0.1, 0.15) is 42.0 Å². The van der Waals surface area contributed by atoms with Crippen molar-refractivity contribution >= 4 is 0 Å². The van der Waals surface area contributed by atoms with E-state index in [2.05, 4.69) is 35.3 Å². The molecule has 0 spiro atoms. The van der Waals surface area contributed by atoms with Crippen LogP contribution in [-0.4, -0.2) is 24.5 Å². The first-order valence-electron chi connectivity index (χ1n) is 6.89. The van der Waals surface area contributed by atoms with Crippen molar-refractivity contribution in [1.82, 2.24) is 10.2 Å². The normalized spacial score (nSPS) is 25.6. The van der Waals surface area contributed by atoms with Gasteiger partial charge < -0.3 is 5.32 Å². The Morgan fingerprint density at radius 3 is 2.82 bits per heavy atom. The summed E-state index contributed by atoms with van der Waals surface area (Å²) in [4.78, 5) is 2.67. The molecule has 0 amide bonds. The highest BCUT2D eigenvalue weighted by atomic mass is 15.2. The molecule has 1 atom stereocenters. The molecule has 2 aliphatic rings. The molecule has 0 aromatic heterocycles. The second kappa shape index (κ2) is 4.79. The van der Waals surface area contributed by atoms with Gasteiger partial charge in [-0.15, -0.1) is 0 Å². The lowest BCUT2D eigenvalue weighted by Crippen LogP contribution is -2.42. The summed E-state index contributed by atoms with van der Waals surface area (Å²) in [7, 11) is 0. The van der Waals surface area contributed by atoms with Crippen LogP contribution in [0.3, 0.4) is 0 Å². The maximum absolute atomic E-state index is 3.57. The van der Waals surface area contributed by atoms with Crippen molar-refractivity contribution in [2.24, 2.45) is 0 Å². The maximum Gasteiger partial charge on any atom is 0.0476 e. The highest BCUT2D eigenvalue weighted by Gasteiger charge is 2.26. The van der Waals surface area contributed by atoms with Gasteiger partial charge in [0.05, 0.1) is 0 Å². The zero-order valence-corrected chi connectivity index (χ0v) is 10.7. The number of fused-ring (bicyclic) bond motifs is 1. The summed E-state index contributed by atoms with van der Waals surface area (Å²) in [6, 6.07) is 7.54. The fraction of sp³-hybridized carbons (Fsp3) is 0.600. The Bertz CT molecular complexity index is 394. The molecule has 17 heavy (non-hydrogen) atoms. The summed E-state index contributed by atoms with van der Waals surface area (Å²) in [5, 5.41) is 3.57. The van der Waals surface area contributed by atoms with Crippen molar-refractivity contribution in [3.05, 3.63) is 34.9 Å².